The number of hydrogen-bond acceptors (Lipinski definition) is 5. The van der Waals surface area contributed by atoms with E-state index in [0.29, 0.717) is 17.7 Å². The number of carbonyl (C=O) groups is 1. The van der Waals surface area contributed by atoms with Crippen LogP contribution in [0, 0.1) is 0 Å². The molecule has 20 heavy (non-hydrogen) atoms. The fourth-order valence-electron chi connectivity index (χ4n) is 2.25. The lowest BCUT2D eigenvalue weighted by atomic mass is 10.1. The molecule has 1 aromatic rings. The first-order valence-corrected chi connectivity index (χ1v) is 8.48. The van der Waals surface area contributed by atoms with Crippen molar-refractivity contribution >= 4 is 13.4 Å². The summed E-state index contributed by atoms with van der Waals surface area (Å²) in [6.07, 6.45) is 1.06. The van der Waals surface area contributed by atoms with Crippen molar-refractivity contribution in [2.24, 2.45) is 0 Å². The second-order valence-corrected chi connectivity index (χ2v) is 6.43. The minimum absolute atomic E-state index is 0.0678. The Morgan fingerprint density at radius 2 is 1.85 bits per heavy atom. The Labute approximate surface area is 118 Å². The van der Waals surface area contributed by atoms with Gasteiger partial charge in [0.1, 0.15) is 5.75 Å². The zero-order valence-electron chi connectivity index (χ0n) is 11.8. The van der Waals surface area contributed by atoms with Crippen molar-refractivity contribution in [2.45, 2.75) is 26.7 Å². The number of ether oxygens (including phenoxy) is 1. The monoisotopic (exact) mass is 298 g/mol. The highest BCUT2D eigenvalue weighted by atomic mass is 31.2. The topological polar surface area (TPSA) is 61.8 Å². The van der Waals surface area contributed by atoms with Crippen LogP contribution in [0.5, 0.6) is 5.75 Å². The highest BCUT2D eigenvalue weighted by Gasteiger charge is 2.28. The van der Waals surface area contributed by atoms with Crippen LogP contribution in [0.3, 0.4) is 0 Å². The normalized spacial score (nSPS) is 14.4. The first-order valence-electron chi connectivity index (χ1n) is 6.75. The van der Waals surface area contributed by atoms with Gasteiger partial charge in [-0.2, -0.15) is 0 Å². The molecule has 0 unspecified atom stereocenters. The molecule has 2 rings (SSSR count). The van der Waals surface area contributed by atoms with E-state index in [1.165, 1.54) is 0 Å². The highest BCUT2D eigenvalue weighted by Crippen LogP contribution is 2.48. The van der Waals surface area contributed by atoms with E-state index < -0.39 is 7.60 Å². The van der Waals surface area contributed by atoms with Gasteiger partial charge in [0.15, 0.2) is 12.1 Å². The molecule has 0 aliphatic heterocycles. The largest absolute Gasteiger partial charge is 0.480 e. The zero-order chi connectivity index (χ0) is 14.6. The second kappa shape index (κ2) is 6.53. The minimum atomic E-state index is -3.26. The van der Waals surface area contributed by atoms with Gasteiger partial charge >= 0.3 is 7.60 Å². The Balaban J connectivity index is 2.13. The molecule has 6 heteroatoms. The summed E-state index contributed by atoms with van der Waals surface area (Å²) >= 11 is 0. The third kappa shape index (κ3) is 3.29. The number of hydrogen-bond donors (Lipinski definition) is 0. The number of fused-ring (bicyclic) bond motifs is 1. The van der Waals surface area contributed by atoms with Gasteiger partial charge in [0.05, 0.1) is 18.8 Å². The van der Waals surface area contributed by atoms with E-state index in [-0.39, 0.29) is 25.3 Å². The van der Waals surface area contributed by atoms with Gasteiger partial charge in [-0.15, -0.1) is 0 Å². The Kier molecular flexibility index (Phi) is 4.97. The Morgan fingerprint density at radius 1 is 1.15 bits per heavy atom. The molecule has 1 aliphatic rings. The van der Waals surface area contributed by atoms with Gasteiger partial charge in [0.2, 0.25) is 0 Å². The molecular weight excluding hydrogens is 279 g/mol. The molecule has 0 N–H and O–H groups in total. The fraction of sp³-hybridized carbons (Fsp3) is 0.500. The van der Waals surface area contributed by atoms with Gasteiger partial charge in [0.25, 0.3) is 0 Å². The average molecular weight is 298 g/mol. The van der Waals surface area contributed by atoms with Crippen LogP contribution < -0.4 is 4.74 Å². The molecular formula is C14H19O5P. The maximum absolute atomic E-state index is 12.3. The highest BCUT2D eigenvalue weighted by molar-refractivity contribution is 7.53. The van der Waals surface area contributed by atoms with Gasteiger partial charge in [-0.3, -0.25) is 9.36 Å². The fourth-order valence-corrected chi connectivity index (χ4v) is 3.56. The Hall–Kier alpha value is -1.16. The van der Waals surface area contributed by atoms with Crippen LogP contribution in [0.25, 0.3) is 0 Å². The van der Waals surface area contributed by atoms with Crippen LogP contribution in [-0.2, 0) is 20.0 Å². The SMILES string of the molecule is CCOP(=O)(COc1cccc2c1C(=O)CC2)OCC. The zero-order valence-corrected chi connectivity index (χ0v) is 12.7. The molecule has 0 radical (unpaired) electrons. The first-order chi connectivity index (χ1) is 9.59. The Morgan fingerprint density at radius 3 is 2.50 bits per heavy atom. The van der Waals surface area contributed by atoms with E-state index in [1.54, 1.807) is 19.9 Å². The van der Waals surface area contributed by atoms with Crippen LogP contribution >= 0.6 is 7.60 Å². The van der Waals surface area contributed by atoms with E-state index in [9.17, 15) is 9.36 Å². The van der Waals surface area contributed by atoms with E-state index in [0.717, 1.165) is 12.0 Å². The van der Waals surface area contributed by atoms with Gasteiger partial charge in [0, 0.05) is 6.42 Å². The van der Waals surface area contributed by atoms with Crippen LogP contribution in [0.1, 0.15) is 36.2 Å². The van der Waals surface area contributed by atoms with Crippen LogP contribution in [-0.4, -0.2) is 25.3 Å². The smallest absolute Gasteiger partial charge is 0.367 e. The number of benzene rings is 1. The summed E-state index contributed by atoms with van der Waals surface area (Å²) in [5.74, 6) is 0.530. The van der Waals surface area contributed by atoms with E-state index in [1.807, 2.05) is 12.1 Å². The molecule has 0 amide bonds. The van der Waals surface area contributed by atoms with E-state index >= 15 is 0 Å². The summed E-state index contributed by atoms with van der Waals surface area (Å²) < 4.78 is 28.2. The molecule has 0 spiro atoms. The molecule has 0 aromatic heterocycles. The molecule has 0 saturated heterocycles. The maximum Gasteiger partial charge on any atom is 0.367 e. The summed E-state index contributed by atoms with van der Waals surface area (Å²) in [5.41, 5.74) is 1.59. The predicted molar refractivity (Wildman–Crippen MR) is 75.4 cm³/mol. The van der Waals surface area contributed by atoms with Crippen molar-refractivity contribution < 1.29 is 23.1 Å². The quantitative estimate of drug-likeness (QED) is 0.722. The maximum atomic E-state index is 12.3. The molecule has 5 nitrogen and oxygen atoms in total. The summed E-state index contributed by atoms with van der Waals surface area (Å²) in [5, 5.41) is 0. The molecule has 0 atom stereocenters. The van der Waals surface area contributed by atoms with Crippen molar-refractivity contribution in [3.63, 3.8) is 0 Å². The van der Waals surface area contributed by atoms with Crippen molar-refractivity contribution in [3.8, 4) is 5.75 Å². The lowest BCUT2D eigenvalue weighted by Crippen LogP contribution is -2.07. The van der Waals surface area contributed by atoms with E-state index in [2.05, 4.69) is 0 Å². The van der Waals surface area contributed by atoms with Crippen molar-refractivity contribution in [2.75, 3.05) is 19.6 Å². The lowest BCUT2D eigenvalue weighted by molar-refractivity contribution is 0.0990. The summed E-state index contributed by atoms with van der Waals surface area (Å²) in [4.78, 5) is 11.9. The van der Waals surface area contributed by atoms with Crippen molar-refractivity contribution in [1.82, 2.24) is 0 Å². The lowest BCUT2D eigenvalue weighted by Gasteiger charge is -2.18. The number of Topliss-reactive ketones (excluding diaryl/α,β-unsaturated/α-hetero) is 1. The summed E-state index contributed by atoms with van der Waals surface area (Å²) in [7, 11) is -3.26. The average Bonchev–Trinajstić information content (AvgIpc) is 2.80. The molecule has 0 fully saturated rings. The molecule has 0 saturated carbocycles. The molecule has 1 aliphatic carbocycles. The second-order valence-electron chi connectivity index (χ2n) is 4.43. The van der Waals surface area contributed by atoms with E-state index in [4.69, 9.17) is 13.8 Å². The molecule has 1 aromatic carbocycles. The number of rotatable bonds is 7. The standard InChI is InChI=1S/C14H19O5P/c1-3-18-20(16,19-4-2)10-17-13-7-5-6-11-8-9-12(15)14(11)13/h5-7H,3-4,8-10H2,1-2H3. The summed E-state index contributed by atoms with van der Waals surface area (Å²) in [6, 6.07) is 5.46. The van der Waals surface area contributed by atoms with Crippen molar-refractivity contribution in [3.05, 3.63) is 29.3 Å². The number of carbonyl (C=O) groups excluding carboxylic acids is 1. The molecule has 0 bridgehead atoms. The van der Waals surface area contributed by atoms with Crippen molar-refractivity contribution in [1.29, 1.82) is 0 Å². The number of ketones is 1. The van der Waals surface area contributed by atoms with Gasteiger partial charge in [-0.1, -0.05) is 12.1 Å². The van der Waals surface area contributed by atoms with Gasteiger partial charge in [-0.05, 0) is 31.9 Å². The molecule has 0 heterocycles. The van der Waals surface area contributed by atoms with Crippen LogP contribution in [0.4, 0.5) is 0 Å². The third-order valence-corrected chi connectivity index (χ3v) is 4.79. The van der Waals surface area contributed by atoms with Gasteiger partial charge < -0.3 is 13.8 Å². The minimum Gasteiger partial charge on any atom is -0.480 e. The number of aryl methyl sites for hydroxylation is 1. The van der Waals surface area contributed by atoms with Gasteiger partial charge in [-0.25, -0.2) is 0 Å². The van der Waals surface area contributed by atoms with Crippen LogP contribution in [0.15, 0.2) is 18.2 Å². The predicted octanol–water partition coefficient (Wildman–Crippen LogP) is 3.42. The summed E-state index contributed by atoms with van der Waals surface area (Å²) in [6.45, 7) is 4.06. The Bertz CT molecular complexity index is 530. The third-order valence-electron chi connectivity index (χ3n) is 3.04. The first kappa shape index (κ1) is 15.2. The molecule has 110 valence electrons. The van der Waals surface area contributed by atoms with Crippen LogP contribution in [0.2, 0.25) is 0 Å².